The largest absolute Gasteiger partial charge is 0.401 e. The zero-order chi connectivity index (χ0) is 9.14. The van der Waals surface area contributed by atoms with E-state index >= 15 is 0 Å². The Morgan fingerprint density at radius 1 is 1.42 bits per heavy atom. The third-order valence-corrected chi connectivity index (χ3v) is 4.38. The summed E-state index contributed by atoms with van der Waals surface area (Å²) in [6.07, 6.45) is 6.74. The molecule has 0 saturated heterocycles. The molecule has 0 aromatic carbocycles. The Hall–Kier alpha value is 0.240. The minimum Gasteiger partial charge on any atom is -0.401 e. The van der Waals surface area contributed by atoms with Crippen LogP contribution in [0.25, 0.3) is 0 Å². The molecule has 2 N–H and O–H groups in total. The Labute approximate surface area is 83.5 Å². The maximum Gasteiger partial charge on any atom is 0.0206 e. The van der Waals surface area contributed by atoms with E-state index in [9.17, 15) is 0 Å². The van der Waals surface area contributed by atoms with Crippen LogP contribution in [0.2, 0.25) is 0 Å². The molecule has 0 aromatic rings. The van der Waals surface area contributed by atoms with E-state index in [1.807, 2.05) is 23.5 Å². The van der Waals surface area contributed by atoms with E-state index in [4.69, 9.17) is 5.73 Å². The second-order valence-corrected chi connectivity index (χ2v) is 5.32. The lowest BCUT2D eigenvalue weighted by molar-refractivity contribution is 0.553. The summed E-state index contributed by atoms with van der Waals surface area (Å²) < 4.78 is 0. The summed E-state index contributed by atoms with van der Waals surface area (Å²) in [5.74, 6) is 0.582. The molecule has 0 bridgehead atoms. The molecule has 0 saturated carbocycles. The van der Waals surface area contributed by atoms with Crippen molar-refractivity contribution in [2.45, 2.75) is 25.0 Å². The first-order valence-electron chi connectivity index (χ1n) is 4.24. The van der Waals surface area contributed by atoms with E-state index < -0.39 is 0 Å². The molecular formula is C9H17NS2. The number of thioether (sulfide) groups is 2. The van der Waals surface area contributed by atoms with Gasteiger partial charge in [0.25, 0.3) is 0 Å². The Morgan fingerprint density at radius 2 is 2.08 bits per heavy atom. The van der Waals surface area contributed by atoms with E-state index in [-0.39, 0.29) is 0 Å². The molecule has 0 spiro atoms. The number of allylic oxidation sites excluding steroid dienone is 2. The van der Waals surface area contributed by atoms with Gasteiger partial charge in [0.1, 0.15) is 0 Å². The van der Waals surface area contributed by atoms with Gasteiger partial charge in [0, 0.05) is 15.9 Å². The fourth-order valence-electron chi connectivity index (χ4n) is 1.58. The molecule has 1 rings (SSSR count). The van der Waals surface area contributed by atoms with Crippen LogP contribution in [0.5, 0.6) is 0 Å². The predicted molar refractivity (Wildman–Crippen MR) is 60.4 cm³/mol. The van der Waals surface area contributed by atoms with Gasteiger partial charge in [-0.1, -0.05) is 6.92 Å². The second kappa shape index (κ2) is 4.47. The zero-order valence-corrected chi connectivity index (χ0v) is 9.60. The number of nitrogens with two attached hydrogens (primary N) is 1. The number of hydrogen-bond donors (Lipinski definition) is 1. The monoisotopic (exact) mass is 203 g/mol. The van der Waals surface area contributed by atoms with Crippen molar-refractivity contribution in [3.8, 4) is 0 Å². The molecule has 0 amide bonds. The first-order valence-corrected chi connectivity index (χ1v) is 6.75. The fraction of sp³-hybridized carbons (Fsp3) is 0.778. The summed E-state index contributed by atoms with van der Waals surface area (Å²) in [5.41, 5.74) is 7.13. The highest BCUT2D eigenvalue weighted by Gasteiger charge is 2.23. The van der Waals surface area contributed by atoms with Gasteiger partial charge in [0.15, 0.2) is 0 Å². The summed E-state index contributed by atoms with van der Waals surface area (Å²) >= 11 is 3.79. The molecule has 0 radical (unpaired) electrons. The highest BCUT2D eigenvalue weighted by Crippen LogP contribution is 2.37. The van der Waals surface area contributed by atoms with Gasteiger partial charge in [-0.2, -0.15) is 11.8 Å². The average molecular weight is 203 g/mol. The Balaban J connectivity index is 2.73. The van der Waals surface area contributed by atoms with Crippen molar-refractivity contribution < 1.29 is 0 Å². The number of rotatable bonds is 2. The van der Waals surface area contributed by atoms with Crippen LogP contribution in [0, 0.1) is 5.92 Å². The Bertz CT molecular complexity index is 189. The summed E-state index contributed by atoms with van der Waals surface area (Å²) in [4.78, 5) is 1.41. The van der Waals surface area contributed by atoms with Crippen molar-refractivity contribution in [3.63, 3.8) is 0 Å². The standard InChI is InChI=1S/C9H17NS2/c1-6-4-7(11-2)5-8(12-3)9(6)10/h6-7H,4-5,10H2,1-3H3/t6-,7?/m1/s1. The lowest BCUT2D eigenvalue weighted by atomic mass is 9.94. The molecule has 0 aliphatic heterocycles. The van der Waals surface area contributed by atoms with E-state index in [1.54, 1.807) is 0 Å². The van der Waals surface area contributed by atoms with Crippen LogP contribution in [0.15, 0.2) is 10.6 Å². The SMILES string of the molecule is CSC1=C(N)[C@H](C)CC(SC)C1. The maximum absolute atomic E-state index is 6.00. The van der Waals surface area contributed by atoms with Gasteiger partial charge >= 0.3 is 0 Å². The minimum atomic E-state index is 0.582. The average Bonchev–Trinajstić information content (AvgIpc) is 2.09. The van der Waals surface area contributed by atoms with Crippen molar-refractivity contribution in [1.82, 2.24) is 0 Å². The smallest absolute Gasteiger partial charge is 0.0206 e. The summed E-state index contributed by atoms with van der Waals surface area (Å²) in [6, 6.07) is 0. The lowest BCUT2D eigenvalue weighted by Crippen LogP contribution is -2.22. The van der Waals surface area contributed by atoms with Gasteiger partial charge in [-0.05, 0) is 31.3 Å². The predicted octanol–water partition coefficient (Wildman–Crippen LogP) is 2.68. The highest BCUT2D eigenvalue weighted by atomic mass is 32.2. The highest BCUT2D eigenvalue weighted by molar-refractivity contribution is 8.02. The van der Waals surface area contributed by atoms with Gasteiger partial charge in [-0.25, -0.2) is 0 Å². The van der Waals surface area contributed by atoms with Crippen LogP contribution in [0.4, 0.5) is 0 Å². The van der Waals surface area contributed by atoms with E-state index in [1.165, 1.54) is 17.7 Å². The molecule has 70 valence electrons. The van der Waals surface area contributed by atoms with Gasteiger partial charge in [0.2, 0.25) is 0 Å². The van der Waals surface area contributed by atoms with Crippen molar-refractivity contribution in [3.05, 3.63) is 10.6 Å². The third-order valence-electron chi connectivity index (χ3n) is 2.46. The Kier molecular flexibility index (Phi) is 3.84. The Morgan fingerprint density at radius 3 is 2.58 bits per heavy atom. The van der Waals surface area contributed by atoms with Gasteiger partial charge in [-0.3, -0.25) is 0 Å². The molecule has 0 heterocycles. The molecule has 1 unspecified atom stereocenters. The van der Waals surface area contributed by atoms with Crippen molar-refractivity contribution in [1.29, 1.82) is 0 Å². The molecule has 1 aliphatic carbocycles. The number of hydrogen-bond acceptors (Lipinski definition) is 3. The maximum atomic E-state index is 6.00. The van der Waals surface area contributed by atoms with Crippen LogP contribution in [-0.2, 0) is 0 Å². The van der Waals surface area contributed by atoms with Crippen molar-refractivity contribution in [2.75, 3.05) is 12.5 Å². The molecule has 0 aromatic heterocycles. The summed E-state index contributed by atoms with van der Waals surface area (Å²) in [6.45, 7) is 2.23. The fourth-order valence-corrected chi connectivity index (χ4v) is 3.31. The van der Waals surface area contributed by atoms with E-state index in [0.717, 1.165) is 10.9 Å². The van der Waals surface area contributed by atoms with Gasteiger partial charge in [-0.15, -0.1) is 11.8 Å². The van der Waals surface area contributed by atoms with Crippen molar-refractivity contribution in [2.24, 2.45) is 11.7 Å². The van der Waals surface area contributed by atoms with Gasteiger partial charge < -0.3 is 5.73 Å². The van der Waals surface area contributed by atoms with Crippen LogP contribution in [-0.4, -0.2) is 17.8 Å². The quantitative estimate of drug-likeness (QED) is 0.747. The van der Waals surface area contributed by atoms with Crippen molar-refractivity contribution >= 4 is 23.5 Å². The molecule has 12 heavy (non-hydrogen) atoms. The molecule has 3 heteroatoms. The van der Waals surface area contributed by atoms with Crippen LogP contribution < -0.4 is 5.73 Å². The minimum absolute atomic E-state index is 0.582. The van der Waals surface area contributed by atoms with Crippen LogP contribution in [0.1, 0.15) is 19.8 Å². The molecule has 2 atom stereocenters. The molecule has 1 aliphatic rings. The zero-order valence-electron chi connectivity index (χ0n) is 7.96. The molecule has 1 nitrogen and oxygen atoms in total. The first-order chi connectivity index (χ1) is 5.69. The van der Waals surface area contributed by atoms with Gasteiger partial charge in [0.05, 0.1) is 0 Å². The summed E-state index contributed by atoms with van der Waals surface area (Å²) in [5, 5.41) is 0.787. The van der Waals surface area contributed by atoms with Crippen LogP contribution >= 0.6 is 23.5 Å². The van der Waals surface area contributed by atoms with E-state index in [0.29, 0.717) is 5.92 Å². The normalized spacial score (nSPS) is 30.9. The summed E-state index contributed by atoms with van der Waals surface area (Å²) in [7, 11) is 0. The third kappa shape index (κ3) is 2.13. The molecule has 0 fully saturated rings. The van der Waals surface area contributed by atoms with Crippen LogP contribution in [0.3, 0.4) is 0 Å². The molecular weight excluding hydrogens is 186 g/mol. The lowest BCUT2D eigenvalue weighted by Gasteiger charge is -2.28. The van der Waals surface area contributed by atoms with E-state index in [2.05, 4.69) is 19.4 Å². The topological polar surface area (TPSA) is 26.0 Å². The second-order valence-electron chi connectivity index (χ2n) is 3.28. The first kappa shape index (κ1) is 10.3.